The van der Waals surface area contributed by atoms with Crippen molar-refractivity contribution in [2.75, 3.05) is 11.9 Å². The van der Waals surface area contributed by atoms with Crippen LogP contribution in [0.1, 0.15) is 32.9 Å². The highest BCUT2D eigenvalue weighted by atomic mass is 35.5. The predicted octanol–water partition coefficient (Wildman–Crippen LogP) is 6.09. The molecule has 1 aromatic carbocycles. The predicted molar refractivity (Wildman–Crippen MR) is 116 cm³/mol. The molecule has 0 spiro atoms. The van der Waals surface area contributed by atoms with Crippen LogP contribution >= 0.6 is 11.6 Å². The van der Waals surface area contributed by atoms with Gasteiger partial charge in [-0.3, -0.25) is 4.98 Å². The average Bonchev–Trinajstić information content (AvgIpc) is 2.62. The molecule has 2 N–H and O–H groups in total. The van der Waals surface area contributed by atoms with Gasteiger partial charge in [0.25, 0.3) is 0 Å². The van der Waals surface area contributed by atoms with Gasteiger partial charge in [0.1, 0.15) is 16.8 Å². The molecule has 0 atom stereocenters. The van der Waals surface area contributed by atoms with Crippen molar-refractivity contribution in [1.82, 2.24) is 15.3 Å². The van der Waals surface area contributed by atoms with Crippen LogP contribution in [0.2, 0.25) is 5.15 Å². The number of fused-ring (bicyclic) bond motifs is 1. The maximum atomic E-state index is 14.6. The summed E-state index contributed by atoms with van der Waals surface area (Å²) in [4.78, 5) is 20.6. The average molecular weight is 433 g/mol. The number of rotatable bonds is 4. The Kier molecular flexibility index (Phi) is 6.22. The van der Waals surface area contributed by atoms with Crippen molar-refractivity contribution >= 4 is 34.2 Å². The van der Waals surface area contributed by atoms with Crippen LogP contribution in [-0.2, 0) is 0 Å². The molecule has 2 amide bonds. The molecule has 3 aromatic rings. The third-order valence-electron chi connectivity index (χ3n) is 4.61. The van der Waals surface area contributed by atoms with Gasteiger partial charge in [-0.05, 0) is 30.9 Å². The zero-order valence-corrected chi connectivity index (χ0v) is 18.0. The van der Waals surface area contributed by atoms with Crippen LogP contribution in [0.3, 0.4) is 0 Å². The van der Waals surface area contributed by atoms with E-state index in [1.807, 2.05) is 0 Å². The molecule has 0 unspecified atom stereocenters. The van der Waals surface area contributed by atoms with E-state index in [4.69, 9.17) is 11.6 Å². The topological polar surface area (TPSA) is 66.9 Å². The van der Waals surface area contributed by atoms with E-state index in [-0.39, 0.29) is 16.7 Å². The lowest BCUT2D eigenvalue weighted by Gasteiger charge is -2.18. The van der Waals surface area contributed by atoms with Crippen molar-refractivity contribution in [2.45, 2.75) is 34.1 Å². The first-order valence-electron chi connectivity index (χ1n) is 9.51. The highest BCUT2D eigenvalue weighted by Gasteiger charge is 2.17. The third kappa shape index (κ3) is 5.21. The SMILES string of the molecule is Cc1nc2cc(Cl)ncc2cc1-c1cc(NC(=O)NCCC(C)(C)C)c(F)cc1F. The summed E-state index contributed by atoms with van der Waals surface area (Å²) < 4.78 is 28.9. The van der Waals surface area contributed by atoms with E-state index in [9.17, 15) is 13.6 Å². The van der Waals surface area contributed by atoms with Gasteiger partial charge in [0.2, 0.25) is 0 Å². The summed E-state index contributed by atoms with van der Waals surface area (Å²) in [6.07, 6.45) is 2.30. The summed E-state index contributed by atoms with van der Waals surface area (Å²) in [6.45, 7) is 8.33. The number of nitrogens with one attached hydrogen (secondary N) is 2. The van der Waals surface area contributed by atoms with Gasteiger partial charge in [0, 0.05) is 47.1 Å². The number of halogens is 3. The molecule has 0 bridgehead atoms. The van der Waals surface area contributed by atoms with Crippen LogP contribution in [0, 0.1) is 24.0 Å². The number of benzene rings is 1. The Morgan fingerprint density at radius 3 is 2.53 bits per heavy atom. The lowest BCUT2D eigenvalue weighted by atomic mass is 9.92. The molecule has 0 aliphatic rings. The number of pyridine rings is 2. The quantitative estimate of drug-likeness (QED) is 0.490. The maximum Gasteiger partial charge on any atom is 0.319 e. The zero-order chi connectivity index (χ0) is 22.1. The number of hydrogen-bond acceptors (Lipinski definition) is 3. The number of aromatic nitrogens is 2. The smallest absolute Gasteiger partial charge is 0.319 e. The molecule has 3 rings (SSSR count). The monoisotopic (exact) mass is 432 g/mol. The van der Waals surface area contributed by atoms with E-state index in [2.05, 4.69) is 41.4 Å². The molecule has 0 aliphatic heterocycles. The molecule has 0 aliphatic carbocycles. The lowest BCUT2D eigenvalue weighted by molar-refractivity contribution is 0.250. The number of hydrogen-bond donors (Lipinski definition) is 2. The minimum absolute atomic E-state index is 0.0568. The summed E-state index contributed by atoms with van der Waals surface area (Å²) in [5.74, 6) is -1.61. The Bertz CT molecular complexity index is 1110. The van der Waals surface area contributed by atoms with Gasteiger partial charge in [-0.2, -0.15) is 0 Å². The summed E-state index contributed by atoms with van der Waals surface area (Å²) in [5.41, 5.74) is 1.70. The summed E-state index contributed by atoms with van der Waals surface area (Å²) in [5, 5.41) is 6.11. The van der Waals surface area contributed by atoms with Gasteiger partial charge in [-0.1, -0.05) is 32.4 Å². The Hall–Kier alpha value is -2.80. The highest BCUT2D eigenvalue weighted by Crippen LogP contribution is 2.32. The Balaban J connectivity index is 1.90. The molecular formula is C22H23ClF2N4O. The number of urea groups is 1. The first kappa shape index (κ1) is 21.9. The summed E-state index contributed by atoms with van der Waals surface area (Å²) in [6, 6.07) is 4.80. The number of anilines is 1. The third-order valence-corrected chi connectivity index (χ3v) is 4.82. The number of carbonyl (C=O) groups is 1. The van der Waals surface area contributed by atoms with Crippen LogP contribution < -0.4 is 10.6 Å². The number of carbonyl (C=O) groups excluding carboxylic acids is 1. The maximum absolute atomic E-state index is 14.6. The van der Waals surface area contributed by atoms with Crippen molar-refractivity contribution in [3.63, 3.8) is 0 Å². The molecule has 0 radical (unpaired) electrons. The van der Waals surface area contributed by atoms with Crippen LogP contribution in [0.5, 0.6) is 0 Å². The molecule has 0 saturated heterocycles. The summed E-state index contributed by atoms with van der Waals surface area (Å²) in [7, 11) is 0. The van der Waals surface area contributed by atoms with Gasteiger partial charge in [-0.15, -0.1) is 0 Å². The van der Waals surface area contributed by atoms with E-state index in [1.54, 1.807) is 19.1 Å². The lowest BCUT2D eigenvalue weighted by Crippen LogP contribution is -2.31. The normalized spacial score (nSPS) is 11.6. The zero-order valence-electron chi connectivity index (χ0n) is 17.2. The van der Waals surface area contributed by atoms with Crippen molar-refractivity contribution in [3.8, 4) is 11.1 Å². The second kappa shape index (κ2) is 8.52. The summed E-state index contributed by atoms with van der Waals surface area (Å²) >= 11 is 5.90. The molecule has 8 heteroatoms. The fourth-order valence-electron chi connectivity index (χ4n) is 2.98. The van der Waals surface area contributed by atoms with Crippen LogP contribution in [-0.4, -0.2) is 22.5 Å². The van der Waals surface area contributed by atoms with Gasteiger partial charge >= 0.3 is 6.03 Å². The highest BCUT2D eigenvalue weighted by molar-refractivity contribution is 6.30. The molecule has 2 aromatic heterocycles. The van der Waals surface area contributed by atoms with E-state index in [0.29, 0.717) is 33.9 Å². The molecule has 30 heavy (non-hydrogen) atoms. The Morgan fingerprint density at radius 1 is 1.10 bits per heavy atom. The fraction of sp³-hybridized carbons (Fsp3) is 0.318. The molecule has 5 nitrogen and oxygen atoms in total. The molecular weight excluding hydrogens is 410 g/mol. The first-order chi connectivity index (χ1) is 14.0. The van der Waals surface area contributed by atoms with Crippen LogP contribution in [0.25, 0.3) is 22.0 Å². The molecule has 0 fully saturated rings. The standard InChI is InChI=1S/C22H23ClF2N4O/c1-12-14(7-13-11-27-20(23)10-18(13)28-12)15-8-19(17(25)9-16(15)24)29-21(30)26-6-5-22(2,3)4/h7-11H,5-6H2,1-4H3,(H2,26,29,30). The number of amides is 2. The van der Waals surface area contributed by atoms with Crippen molar-refractivity contribution in [1.29, 1.82) is 0 Å². The Morgan fingerprint density at radius 2 is 1.83 bits per heavy atom. The second-order valence-electron chi connectivity index (χ2n) is 8.32. The molecule has 158 valence electrons. The van der Waals surface area contributed by atoms with Crippen LogP contribution in [0.4, 0.5) is 19.3 Å². The van der Waals surface area contributed by atoms with Gasteiger partial charge in [0.05, 0.1) is 11.2 Å². The van der Waals surface area contributed by atoms with Gasteiger partial charge < -0.3 is 10.6 Å². The van der Waals surface area contributed by atoms with Gasteiger partial charge in [-0.25, -0.2) is 18.6 Å². The number of aryl methyl sites for hydroxylation is 1. The second-order valence-corrected chi connectivity index (χ2v) is 8.71. The molecule has 2 heterocycles. The van der Waals surface area contributed by atoms with E-state index >= 15 is 0 Å². The van der Waals surface area contributed by atoms with E-state index < -0.39 is 17.7 Å². The minimum Gasteiger partial charge on any atom is -0.338 e. The number of nitrogens with zero attached hydrogens (tertiary/aromatic N) is 2. The van der Waals surface area contributed by atoms with E-state index in [0.717, 1.165) is 12.5 Å². The Labute approximate surface area is 178 Å². The van der Waals surface area contributed by atoms with E-state index in [1.165, 1.54) is 12.3 Å². The minimum atomic E-state index is -0.859. The van der Waals surface area contributed by atoms with Crippen molar-refractivity contribution in [3.05, 3.63) is 52.9 Å². The largest absolute Gasteiger partial charge is 0.338 e. The first-order valence-corrected chi connectivity index (χ1v) is 9.88. The molecule has 0 saturated carbocycles. The van der Waals surface area contributed by atoms with Crippen molar-refractivity contribution in [2.24, 2.45) is 5.41 Å². The van der Waals surface area contributed by atoms with Gasteiger partial charge in [0.15, 0.2) is 0 Å². The van der Waals surface area contributed by atoms with Crippen LogP contribution in [0.15, 0.2) is 30.5 Å². The van der Waals surface area contributed by atoms with Crippen molar-refractivity contribution < 1.29 is 13.6 Å². The fourth-order valence-corrected chi connectivity index (χ4v) is 3.13.